The van der Waals surface area contributed by atoms with Crippen LogP contribution in [0.25, 0.3) is 0 Å². The van der Waals surface area contributed by atoms with Gasteiger partial charge in [-0.3, -0.25) is 4.98 Å². The highest BCUT2D eigenvalue weighted by Gasteiger charge is 2.17. The van der Waals surface area contributed by atoms with Crippen molar-refractivity contribution in [1.82, 2.24) is 19.7 Å². The number of nitrogens with two attached hydrogens (primary N) is 1. The SMILES string of the molecule is Cc1cnccc1Sc1nnc([C@H](N)Cc2ccccc2)n1C. The summed E-state index contributed by atoms with van der Waals surface area (Å²) in [5, 5.41) is 9.41. The summed E-state index contributed by atoms with van der Waals surface area (Å²) in [6.07, 6.45) is 4.38. The predicted octanol–water partition coefficient (Wildman–Crippen LogP) is 2.91. The molecule has 0 aliphatic rings. The Hall–Kier alpha value is -2.18. The zero-order valence-corrected chi connectivity index (χ0v) is 14.0. The minimum absolute atomic E-state index is 0.178. The van der Waals surface area contributed by atoms with Gasteiger partial charge in [0.1, 0.15) is 0 Å². The van der Waals surface area contributed by atoms with Gasteiger partial charge in [-0.15, -0.1) is 10.2 Å². The minimum atomic E-state index is -0.178. The van der Waals surface area contributed by atoms with E-state index in [2.05, 4.69) is 27.3 Å². The van der Waals surface area contributed by atoms with Crippen molar-refractivity contribution in [2.24, 2.45) is 12.8 Å². The number of benzene rings is 1. The number of aryl methyl sites for hydroxylation is 1. The van der Waals surface area contributed by atoms with Crippen LogP contribution in [-0.2, 0) is 13.5 Å². The van der Waals surface area contributed by atoms with Crippen molar-refractivity contribution < 1.29 is 0 Å². The zero-order chi connectivity index (χ0) is 16.2. The van der Waals surface area contributed by atoms with Crippen LogP contribution in [0.5, 0.6) is 0 Å². The zero-order valence-electron chi connectivity index (χ0n) is 13.2. The first-order valence-corrected chi connectivity index (χ1v) is 8.24. The molecule has 0 unspecified atom stereocenters. The normalized spacial score (nSPS) is 12.3. The second kappa shape index (κ2) is 6.93. The van der Waals surface area contributed by atoms with Crippen molar-refractivity contribution in [2.45, 2.75) is 29.4 Å². The molecule has 2 N–H and O–H groups in total. The van der Waals surface area contributed by atoms with Gasteiger partial charge < -0.3 is 10.3 Å². The Bertz CT molecular complexity index is 785. The second-order valence-corrected chi connectivity index (χ2v) is 6.45. The van der Waals surface area contributed by atoms with E-state index in [0.717, 1.165) is 27.9 Å². The molecule has 23 heavy (non-hydrogen) atoms. The number of rotatable bonds is 5. The van der Waals surface area contributed by atoms with Gasteiger partial charge in [0.2, 0.25) is 0 Å². The number of hydrogen-bond donors (Lipinski definition) is 1. The molecule has 0 saturated heterocycles. The van der Waals surface area contributed by atoms with E-state index in [1.54, 1.807) is 18.0 Å². The first-order valence-electron chi connectivity index (χ1n) is 7.42. The lowest BCUT2D eigenvalue weighted by Gasteiger charge is -2.11. The number of hydrogen-bond acceptors (Lipinski definition) is 5. The fraction of sp³-hybridized carbons (Fsp3) is 0.235. The molecule has 3 aromatic rings. The van der Waals surface area contributed by atoms with Gasteiger partial charge in [-0.2, -0.15) is 0 Å². The van der Waals surface area contributed by atoms with Crippen molar-refractivity contribution in [3.05, 3.63) is 65.7 Å². The molecule has 0 fully saturated rings. The molecule has 0 radical (unpaired) electrons. The lowest BCUT2D eigenvalue weighted by Crippen LogP contribution is -2.18. The Balaban J connectivity index is 1.78. The van der Waals surface area contributed by atoms with E-state index in [4.69, 9.17) is 5.73 Å². The molecule has 3 rings (SSSR count). The Kier molecular flexibility index (Phi) is 4.73. The van der Waals surface area contributed by atoms with Crippen molar-refractivity contribution in [3.8, 4) is 0 Å². The fourth-order valence-electron chi connectivity index (χ4n) is 2.37. The first kappa shape index (κ1) is 15.7. The molecule has 2 aromatic heterocycles. The number of nitrogens with zero attached hydrogens (tertiary/aromatic N) is 4. The molecule has 0 aliphatic heterocycles. The van der Waals surface area contributed by atoms with Crippen LogP contribution in [-0.4, -0.2) is 19.7 Å². The maximum atomic E-state index is 6.32. The summed E-state index contributed by atoms with van der Waals surface area (Å²) in [4.78, 5) is 5.24. The fourth-order valence-corrected chi connectivity index (χ4v) is 3.22. The standard InChI is InChI=1S/C17H19N5S/c1-12-11-19-9-8-15(12)23-17-21-20-16(22(17)2)14(18)10-13-6-4-3-5-7-13/h3-9,11,14H,10,18H2,1-2H3/t14-/m1/s1. The topological polar surface area (TPSA) is 69.6 Å². The van der Waals surface area contributed by atoms with Crippen molar-refractivity contribution in [2.75, 3.05) is 0 Å². The quantitative estimate of drug-likeness (QED) is 0.781. The summed E-state index contributed by atoms with van der Waals surface area (Å²) in [7, 11) is 1.96. The lowest BCUT2D eigenvalue weighted by atomic mass is 10.1. The lowest BCUT2D eigenvalue weighted by molar-refractivity contribution is 0.616. The third kappa shape index (κ3) is 3.60. The van der Waals surface area contributed by atoms with Crippen LogP contribution in [0, 0.1) is 6.92 Å². The number of pyridine rings is 1. The monoisotopic (exact) mass is 325 g/mol. The van der Waals surface area contributed by atoms with Gasteiger partial charge in [0, 0.05) is 24.3 Å². The maximum Gasteiger partial charge on any atom is 0.195 e. The average molecular weight is 325 g/mol. The Morgan fingerprint density at radius 1 is 1.17 bits per heavy atom. The van der Waals surface area contributed by atoms with Crippen LogP contribution in [0.2, 0.25) is 0 Å². The molecule has 0 saturated carbocycles. The van der Waals surface area contributed by atoms with Crippen LogP contribution < -0.4 is 5.73 Å². The summed E-state index contributed by atoms with van der Waals surface area (Å²) in [6, 6.07) is 12.0. The van der Waals surface area contributed by atoms with Crippen molar-refractivity contribution in [1.29, 1.82) is 0 Å². The summed E-state index contributed by atoms with van der Waals surface area (Å²) >= 11 is 1.58. The molecule has 0 spiro atoms. The molecular weight excluding hydrogens is 306 g/mol. The van der Waals surface area contributed by atoms with Gasteiger partial charge in [-0.25, -0.2) is 0 Å². The Morgan fingerprint density at radius 2 is 1.96 bits per heavy atom. The first-order chi connectivity index (χ1) is 11.1. The third-order valence-corrected chi connectivity index (χ3v) is 4.88. The molecule has 1 atom stereocenters. The van der Waals surface area contributed by atoms with E-state index in [0.29, 0.717) is 0 Å². The highest BCUT2D eigenvalue weighted by Crippen LogP contribution is 2.29. The van der Waals surface area contributed by atoms with Crippen LogP contribution >= 0.6 is 11.8 Å². The molecule has 0 amide bonds. The van der Waals surface area contributed by atoms with Gasteiger partial charge in [0.15, 0.2) is 11.0 Å². The second-order valence-electron chi connectivity index (χ2n) is 5.44. The summed E-state index contributed by atoms with van der Waals surface area (Å²) < 4.78 is 1.97. The minimum Gasteiger partial charge on any atom is -0.321 e. The number of aromatic nitrogens is 4. The van der Waals surface area contributed by atoms with Crippen LogP contribution in [0.3, 0.4) is 0 Å². The van der Waals surface area contributed by atoms with E-state index in [-0.39, 0.29) is 6.04 Å². The largest absolute Gasteiger partial charge is 0.321 e. The van der Waals surface area contributed by atoms with Gasteiger partial charge in [0.25, 0.3) is 0 Å². The predicted molar refractivity (Wildman–Crippen MR) is 91.2 cm³/mol. The van der Waals surface area contributed by atoms with Crippen LogP contribution in [0.1, 0.15) is 23.0 Å². The summed E-state index contributed by atoms with van der Waals surface area (Å²) in [5.41, 5.74) is 8.64. The molecule has 6 heteroatoms. The van der Waals surface area contributed by atoms with Crippen LogP contribution in [0.15, 0.2) is 58.8 Å². The Labute approximate surface area is 140 Å². The summed E-state index contributed by atoms with van der Waals surface area (Å²) in [5.74, 6) is 0.795. The van der Waals surface area contributed by atoms with Crippen LogP contribution in [0.4, 0.5) is 0 Å². The highest BCUT2D eigenvalue weighted by atomic mass is 32.2. The van der Waals surface area contributed by atoms with Gasteiger partial charge in [-0.05, 0) is 42.3 Å². The molecule has 0 aliphatic carbocycles. The Morgan fingerprint density at radius 3 is 2.70 bits per heavy atom. The maximum absolute atomic E-state index is 6.32. The van der Waals surface area contributed by atoms with Gasteiger partial charge in [0.05, 0.1) is 6.04 Å². The van der Waals surface area contributed by atoms with E-state index in [1.807, 2.05) is 49.0 Å². The third-order valence-electron chi connectivity index (χ3n) is 3.67. The van der Waals surface area contributed by atoms with E-state index < -0.39 is 0 Å². The molecule has 118 valence electrons. The molecular formula is C17H19N5S. The van der Waals surface area contributed by atoms with Gasteiger partial charge >= 0.3 is 0 Å². The smallest absolute Gasteiger partial charge is 0.195 e. The van der Waals surface area contributed by atoms with Gasteiger partial charge in [-0.1, -0.05) is 30.3 Å². The molecule has 1 aromatic carbocycles. The van der Waals surface area contributed by atoms with E-state index >= 15 is 0 Å². The molecule has 0 bridgehead atoms. The molecule has 2 heterocycles. The highest BCUT2D eigenvalue weighted by molar-refractivity contribution is 7.99. The van der Waals surface area contributed by atoms with Crippen molar-refractivity contribution >= 4 is 11.8 Å². The van der Waals surface area contributed by atoms with Crippen molar-refractivity contribution in [3.63, 3.8) is 0 Å². The van der Waals surface area contributed by atoms with E-state index in [9.17, 15) is 0 Å². The summed E-state index contributed by atoms with van der Waals surface area (Å²) in [6.45, 7) is 2.04. The van der Waals surface area contributed by atoms with E-state index in [1.165, 1.54) is 5.56 Å². The average Bonchev–Trinajstić information content (AvgIpc) is 2.92. The molecule has 5 nitrogen and oxygen atoms in total.